The van der Waals surface area contributed by atoms with Crippen molar-refractivity contribution in [2.45, 2.75) is 4.90 Å². The van der Waals surface area contributed by atoms with E-state index < -0.39 is 10.1 Å². The topological polar surface area (TPSA) is 129 Å². The summed E-state index contributed by atoms with van der Waals surface area (Å²) in [6.45, 7) is 0. The summed E-state index contributed by atoms with van der Waals surface area (Å²) in [6, 6.07) is 6.17. The van der Waals surface area contributed by atoms with Crippen LogP contribution in [0.4, 0.5) is 0 Å². The third-order valence-corrected chi connectivity index (χ3v) is 3.03. The zero-order valence-electron chi connectivity index (χ0n) is 9.41. The van der Waals surface area contributed by atoms with Gasteiger partial charge in [0.15, 0.2) is 11.5 Å². The minimum atomic E-state index is -4.51. The van der Waals surface area contributed by atoms with Crippen LogP contribution >= 0.6 is 0 Å². The average molecular weight is 280 g/mol. The van der Waals surface area contributed by atoms with Gasteiger partial charge in [0.05, 0.1) is 4.90 Å². The summed E-state index contributed by atoms with van der Waals surface area (Å²) in [5, 5.41) is 19.3. The van der Waals surface area contributed by atoms with Gasteiger partial charge in [-0.3, -0.25) is 0 Å². The van der Waals surface area contributed by atoms with Crippen LogP contribution < -0.4 is 29.6 Å². The molecule has 8 heteroatoms. The number of hydrogen-bond acceptors (Lipinski definition) is 5. The first-order chi connectivity index (χ1) is 7.38. The molecule has 0 saturated heterocycles. The molecule has 0 amide bonds. The number of fused-ring (bicyclic) bond motifs is 1. The molecule has 92 valence electrons. The van der Waals surface area contributed by atoms with E-state index in [1.165, 1.54) is 18.2 Å². The van der Waals surface area contributed by atoms with Crippen molar-refractivity contribution in [2.75, 3.05) is 0 Å². The molecule has 2 rings (SSSR count). The molecular weight excluding hydrogens is 271 g/mol. The molecular formula is C10H9NaO6S. The molecule has 4 N–H and O–H groups in total. The second-order valence-electron chi connectivity index (χ2n) is 3.30. The Balaban J connectivity index is 0.00000144. The Hall–Kier alpha value is -0.830. The van der Waals surface area contributed by atoms with E-state index in [1.54, 1.807) is 0 Å². The molecule has 0 aliphatic heterocycles. The van der Waals surface area contributed by atoms with Crippen molar-refractivity contribution in [1.82, 2.24) is 0 Å². The van der Waals surface area contributed by atoms with Crippen LogP contribution in [0.2, 0.25) is 0 Å². The molecule has 18 heavy (non-hydrogen) atoms. The van der Waals surface area contributed by atoms with Gasteiger partial charge in [0.1, 0.15) is 10.1 Å². The zero-order valence-corrected chi connectivity index (χ0v) is 12.2. The van der Waals surface area contributed by atoms with Crippen LogP contribution in [0.5, 0.6) is 11.5 Å². The molecule has 0 saturated carbocycles. The second-order valence-corrected chi connectivity index (χ2v) is 4.68. The molecule has 0 bridgehead atoms. The summed E-state index contributed by atoms with van der Waals surface area (Å²) in [6.07, 6.45) is 0. The van der Waals surface area contributed by atoms with E-state index in [1.807, 2.05) is 0 Å². The largest absolute Gasteiger partial charge is 1.00 e. The van der Waals surface area contributed by atoms with Crippen molar-refractivity contribution in [3.8, 4) is 11.5 Å². The minimum Gasteiger partial charge on any atom is -0.744 e. The fourth-order valence-corrected chi connectivity index (χ4v) is 1.91. The number of rotatable bonds is 1. The van der Waals surface area contributed by atoms with Gasteiger partial charge in [-0.2, -0.15) is 0 Å². The molecule has 0 aliphatic carbocycles. The van der Waals surface area contributed by atoms with E-state index >= 15 is 0 Å². The summed E-state index contributed by atoms with van der Waals surface area (Å²) in [5.74, 6) is -0.668. The number of phenols is 2. The smallest absolute Gasteiger partial charge is 0.744 e. The Kier molecular flexibility index (Phi) is 5.60. The third kappa shape index (κ3) is 3.35. The molecule has 6 nitrogen and oxygen atoms in total. The van der Waals surface area contributed by atoms with Crippen molar-refractivity contribution >= 4 is 20.9 Å². The standard InChI is InChI=1S/C10H8O5S.Na.H2O/c11-9-4-6-1-2-8(16(13,14)15)3-7(6)5-10(9)12;;/h1-5,11-12H,(H,13,14,15);;1H2/q;+1;/p-1. The van der Waals surface area contributed by atoms with Crippen molar-refractivity contribution < 1.29 is 58.2 Å². The molecule has 2 aromatic rings. The van der Waals surface area contributed by atoms with Gasteiger partial charge in [-0.15, -0.1) is 0 Å². The van der Waals surface area contributed by atoms with Crippen LogP contribution in [0, 0.1) is 0 Å². The number of benzene rings is 2. The van der Waals surface area contributed by atoms with E-state index in [9.17, 15) is 23.2 Å². The van der Waals surface area contributed by atoms with Gasteiger partial charge in [-0.25, -0.2) is 8.42 Å². The summed E-state index contributed by atoms with van der Waals surface area (Å²) in [5.41, 5.74) is 0. The maximum Gasteiger partial charge on any atom is 1.00 e. The van der Waals surface area contributed by atoms with E-state index in [4.69, 9.17) is 0 Å². The van der Waals surface area contributed by atoms with Gasteiger partial charge in [0.2, 0.25) is 0 Å². The van der Waals surface area contributed by atoms with Gasteiger partial charge in [0, 0.05) is 0 Å². The van der Waals surface area contributed by atoms with Gasteiger partial charge in [-0.05, 0) is 35.0 Å². The molecule has 0 fully saturated rings. The molecule has 0 aromatic heterocycles. The van der Waals surface area contributed by atoms with Gasteiger partial charge < -0.3 is 20.2 Å². The number of aromatic hydroxyl groups is 2. The van der Waals surface area contributed by atoms with E-state index in [-0.39, 0.29) is 51.4 Å². The Labute approximate surface area is 125 Å². The van der Waals surface area contributed by atoms with E-state index in [0.29, 0.717) is 10.8 Å². The summed E-state index contributed by atoms with van der Waals surface area (Å²) in [7, 11) is -4.51. The van der Waals surface area contributed by atoms with Crippen LogP contribution in [0.25, 0.3) is 10.8 Å². The fraction of sp³-hybridized carbons (Fsp3) is 0. The first-order valence-corrected chi connectivity index (χ1v) is 5.70. The second kappa shape index (κ2) is 5.87. The van der Waals surface area contributed by atoms with Gasteiger partial charge >= 0.3 is 29.6 Å². The summed E-state index contributed by atoms with van der Waals surface area (Å²) < 4.78 is 32.3. The molecule has 2 aromatic carbocycles. The van der Waals surface area contributed by atoms with Crippen LogP contribution in [0.1, 0.15) is 0 Å². The van der Waals surface area contributed by atoms with Crippen molar-refractivity contribution in [3.05, 3.63) is 30.3 Å². The maximum absolute atomic E-state index is 10.8. The average Bonchev–Trinajstić information content (AvgIpc) is 2.17. The zero-order chi connectivity index (χ0) is 11.9. The SMILES string of the molecule is O.O=S(=O)([O-])c1ccc2cc(O)c(O)cc2c1.[Na+]. The quantitative estimate of drug-likeness (QED) is 0.334. The predicted octanol–water partition coefficient (Wildman–Crippen LogP) is -2.67. The third-order valence-electron chi connectivity index (χ3n) is 2.19. The van der Waals surface area contributed by atoms with Crippen LogP contribution in [0.15, 0.2) is 35.2 Å². The fourth-order valence-electron chi connectivity index (χ4n) is 1.41. The molecule has 0 spiro atoms. The van der Waals surface area contributed by atoms with Crippen molar-refractivity contribution in [1.29, 1.82) is 0 Å². The van der Waals surface area contributed by atoms with E-state index in [2.05, 4.69) is 0 Å². The van der Waals surface area contributed by atoms with E-state index in [0.717, 1.165) is 12.1 Å². The molecule has 0 atom stereocenters. The monoisotopic (exact) mass is 280 g/mol. The van der Waals surface area contributed by atoms with Crippen LogP contribution in [-0.2, 0) is 10.1 Å². The van der Waals surface area contributed by atoms with Crippen molar-refractivity contribution in [2.24, 2.45) is 0 Å². The Morgan fingerprint density at radius 2 is 1.44 bits per heavy atom. The van der Waals surface area contributed by atoms with Crippen LogP contribution in [0.3, 0.4) is 0 Å². The minimum absolute atomic E-state index is 0. The van der Waals surface area contributed by atoms with Gasteiger partial charge in [0.25, 0.3) is 0 Å². The maximum atomic E-state index is 10.8. The number of hydrogen-bond donors (Lipinski definition) is 2. The van der Waals surface area contributed by atoms with Gasteiger partial charge in [-0.1, -0.05) is 6.07 Å². The van der Waals surface area contributed by atoms with Crippen LogP contribution in [-0.4, -0.2) is 28.7 Å². The normalized spacial score (nSPS) is 10.5. The Morgan fingerprint density at radius 1 is 0.944 bits per heavy atom. The Bertz CT molecular complexity index is 667. The first-order valence-electron chi connectivity index (χ1n) is 4.29. The Morgan fingerprint density at radius 3 is 1.94 bits per heavy atom. The number of phenolic OH excluding ortho intramolecular Hbond substituents is 2. The molecule has 0 radical (unpaired) electrons. The summed E-state index contributed by atoms with van der Waals surface area (Å²) in [4.78, 5) is -0.370. The van der Waals surface area contributed by atoms with Crippen molar-refractivity contribution in [3.63, 3.8) is 0 Å². The molecule has 0 aliphatic rings. The first kappa shape index (κ1) is 17.2. The molecule has 0 unspecified atom stereocenters. The molecule has 0 heterocycles. The predicted molar refractivity (Wildman–Crippen MR) is 58.9 cm³/mol. The summed E-state index contributed by atoms with van der Waals surface area (Å²) >= 11 is 0.